The Morgan fingerprint density at radius 2 is 1.86 bits per heavy atom. The molecule has 146 valence electrons. The highest BCUT2D eigenvalue weighted by molar-refractivity contribution is 7.92. The second-order valence-electron chi connectivity index (χ2n) is 5.92. The molecule has 0 fully saturated rings. The van der Waals surface area contributed by atoms with Gasteiger partial charge in [-0.05, 0) is 43.3 Å². The van der Waals surface area contributed by atoms with Gasteiger partial charge in [0.05, 0.1) is 15.5 Å². The molecule has 0 bridgehead atoms. The van der Waals surface area contributed by atoms with E-state index < -0.39 is 21.6 Å². The van der Waals surface area contributed by atoms with Gasteiger partial charge >= 0.3 is 5.97 Å². The number of carboxylic acids is 1. The van der Waals surface area contributed by atoms with Crippen molar-refractivity contribution in [1.82, 2.24) is 4.98 Å². The van der Waals surface area contributed by atoms with E-state index in [0.29, 0.717) is 16.3 Å². The van der Waals surface area contributed by atoms with Crippen molar-refractivity contribution in [2.24, 2.45) is 0 Å². The zero-order chi connectivity index (χ0) is 20.3. The van der Waals surface area contributed by atoms with Crippen LogP contribution in [0, 0.1) is 12.7 Å². The number of ether oxygens (including phenoxy) is 1. The number of aromatic nitrogens is 1. The summed E-state index contributed by atoms with van der Waals surface area (Å²) >= 11 is 1.32. The van der Waals surface area contributed by atoms with Crippen molar-refractivity contribution in [3.8, 4) is 16.3 Å². The molecule has 0 spiro atoms. The van der Waals surface area contributed by atoms with Crippen LogP contribution in [0.1, 0.15) is 10.6 Å². The number of nitrogens with zero attached hydrogens (tertiary/aromatic N) is 1. The van der Waals surface area contributed by atoms with Gasteiger partial charge in [0.25, 0.3) is 0 Å². The van der Waals surface area contributed by atoms with Crippen LogP contribution >= 0.6 is 11.3 Å². The molecule has 0 saturated heterocycles. The fourth-order valence-corrected chi connectivity index (χ4v) is 4.49. The number of aryl methyl sites for hydroxylation is 1. The first-order chi connectivity index (χ1) is 13.3. The molecule has 0 aliphatic carbocycles. The molecular weight excluding hydrogens is 405 g/mol. The number of hydrogen-bond donors (Lipinski definition) is 1. The predicted molar refractivity (Wildman–Crippen MR) is 103 cm³/mol. The van der Waals surface area contributed by atoms with E-state index in [1.165, 1.54) is 41.7 Å². The van der Waals surface area contributed by atoms with Crippen molar-refractivity contribution >= 4 is 27.1 Å². The predicted octanol–water partition coefficient (Wildman–Crippen LogP) is 3.69. The number of halogens is 1. The molecule has 0 aliphatic rings. The van der Waals surface area contributed by atoms with E-state index in [4.69, 9.17) is 9.84 Å². The molecule has 0 saturated carbocycles. The van der Waals surface area contributed by atoms with E-state index in [0.717, 1.165) is 10.6 Å². The number of carboxylic acid groups (broad SMARTS) is 1. The zero-order valence-corrected chi connectivity index (χ0v) is 16.4. The number of sulfone groups is 1. The van der Waals surface area contributed by atoms with Gasteiger partial charge in [-0.15, -0.1) is 11.3 Å². The topological polar surface area (TPSA) is 93.6 Å². The normalized spacial score (nSPS) is 11.4. The molecule has 2 aromatic carbocycles. The zero-order valence-electron chi connectivity index (χ0n) is 14.8. The average Bonchev–Trinajstić information content (AvgIpc) is 3.00. The highest BCUT2D eigenvalue weighted by atomic mass is 32.2. The number of benzene rings is 2. The molecule has 1 N–H and O–H groups in total. The molecule has 3 rings (SSSR count). The quantitative estimate of drug-likeness (QED) is 0.625. The van der Waals surface area contributed by atoms with Gasteiger partial charge in [0.2, 0.25) is 0 Å². The molecule has 0 radical (unpaired) electrons. The molecule has 9 heteroatoms. The summed E-state index contributed by atoms with van der Waals surface area (Å²) in [6.07, 6.45) is 0. The minimum Gasteiger partial charge on any atom is -0.488 e. The maximum atomic E-state index is 13.9. The largest absolute Gasteiger partial charge is 0.488 e. The Labute approximate surface area is 165 Å². The molecule has 1 aromatic heterocycles. The molecule has 0 aliphatic heterocycles. The lowest BCUT2D eigenvalue weighted by molar-refractivity contribution is -0.134. The van der Waals surface area contributed by atoms with Crippen LogP contribution in [-0.4, -0.2) is 30.2 Å². The molecule has 28 heavy (non-hydrogen) atoms. The standard InChI is InChI=1S/C19H16FNO5S2/c1-12-17(27-19(21-12)15-4-2-3-5-16(15)20)10-26-13-6-8-14(9-7-13)28(24,25)11-18(22)23/h2-9H,10-11H2,1H3,(H,22,23). The number of aliphatic carboxylic acids is 1. The lowest BCUT2D eigenvalue weighted by Gasteiger charge is -2.06. The number of carbonyl (C=O) groups is 1. The van der Waals surface area contributed by atoms with Crippen molar-refractivity contribution in [3.05, 3.63) is 64.9 Å². The molecule has 3 aromatic rings. The fraction of sp³-hybridized carbons (Fsp3) is 0.158. The second kappa shape index (κ2) is 8.07. The van der Waals surface area contributed by atoms with E-state index >= 15 is 0 Å². The Kier molecular flexibility index (Phi) is 5.76. The Morgan fingerprint density at radius 3 is 2.50 bits per heavy atom. The van der Waals surface area contributed by atoms with Gasteiger partial charge in [0.1, 0.15) is 23.2 Å². The molecule has 6 nitrogen and oxygen atoms in total. The minimum absolute atomic E-state index is 0.0851. The van der Waals surface area contributed by atoms with Crippen molar-refractivity contribution in [1.29, 1.82) is 0 Å². The first-order valence-corrected chi connectivity index (χ1v) is 10.6. The summed E-state index contributed by atoms with van der Waals surface area (Å²) in [5, 5.41) is 9.23. The second-order valence-corrected chi connectivity index (χ2v) is 8.99. The number of hydrogen-bond acceptors (Lipinski definition) is 6. The third-order valence-electron chi connectivity index (χ3n) is 3.86. The van der Waals surface area contributed by atoms with Crippen LogP contribution in [-0.2, 0) is 21.2 Å². The lowest BCUT2D eigenvalue weighted by atomic mass is 10.2. The van der Waals surface area contributed by atoms with Crippen LogP contribution in [0.4, 0.5) is 4.39 Å². The van der Waals surface area contributed by atoms with Crippen LogP contribution in [0.25, 0.3) is 10.6 Å². The van der Waals surface area contributed by atoms with Crippen molar-refractivity contribution in [2.45, 2.75) is 18.4 Å². The van der Waals surface area contributed by atoms with Gasteiger partial charge < -0.3 is 9.84 Å². The summed E-state index contributed by atoms with van der Waals surface area (Å²) in [5.41, 5.74) is 1.15. The summed E-state index contributed by atoms with van der Waals surface area (Å²) in [4.78, 5) is 15.8. The highest BCUT2D eigenvalue weighted by Gasteiger charge is 2.19. The molecular formula is C19H16FNO5S2. The van der Waals surface area contributed by atoms with Crippen LogP contribution in [0.2, 0.25) is 0 Å². The highest BCUT2D eigenvalue weighted by Crippen LogP contribution is 2.30. The Hall–Kier alpha value is -2.78. The monoisotopic (exact) mass is 421 g/mol. The summed E-state index contributed by atoms with van der Waals surface area (Å²) in [5.74, 6) is -2.30. The van der Waals surface area contributed by atoms with Gasteiger partial charge in [-0.2, -0.15) is 0 Å². The average molecular weight is 421 g/mol. The first-order valence-electron chi connectivity index (χ1n) is 8.15. The molecule has 0 atom stereocenters. The van der Waals surface area contributed by atoms with Crippen molar-refractivity contribution in [3.63, 3.8) is 0 Å². The SMILES string of the molecule is Cc1nc(-c2ccccc2F)sc1COc1ccc(S(=O)(=O)CC(=O)O)cc1. The van der Waals surface area contributed by atoms with E-state index in [9.17, 15) is 17.6 Å². The van der Waals surface area contributed by atoms with Crippen LogP contribution < -0.4 is 4.74 Å². The van der Waals surface area contributed by atoms with Crippen molar-refractivity contribution in [2.75, 3.05) is 5.75 Å². The molecule has 0 unspecified atom stereocenters. The van der Waals surface area contributed by atoms with E-state index in [1.807, 2.05) is 0 Å². The number of thiazole rings is 1. The molecule has 1 heterocycles. The summed E-state index contributed by atoms with van der Waals surface area (Å²) in [6.45, 7) is 2.00. The van der Waals surface area contributed by atoms with Gasteiger partial charge in [0.15, 0.2) is 15.6 Å². The first kappa shape index (κ1) is 20.0. The van der Waals surface area contributed by atoms with Gasteiger partial charge in [-0.1, -0.05) is 12.1 Å². The minimum atomic E-state index is -3.88. The maximum Gasteiger partial charge on any atom is 0.319 e. The number of rotatable bonds is 7. The van der Waals surface area contributed by atoms with Gasteiger partial charge in [0, 0.05) is 5.56 Å². The third-order valence-corrected chi connectivity index (χ3v) is 6.64. The van der Waals surface area contributed by atoms with Crippen molar-refractivity contribution < 1.29 is 27.4 Å². The van der Waals surface area contributed by atoms with E-state index in [1.54, 1.807) is 25.1 Å². The smallest absolute Gasteiger partial charge is 0.319 e. The Morgan fingerprint density at radius 1 is 1.18 bits per heavy atom. The summed E-state index contributed by atoms with van der Waals surface area (Å²) in [7, 11) is -3.88. The van der Waals surface area contributed by atoms with Crippen LogP contribution in [0.5, 0.6) is 5.75 Å². The Bertz CT molecular complexity index is 1110. The Balaban J connectivity index is 1.71. The maximum absolute atomic E-state index is 13.9. The summed E-state index contributed by atoms with van der Waals surface area (Å²) in [6, 6.07) is 11.9. The van der Waals surface area contributed by atoms with Crippen LogP contribution in [0.3, 0.4) is 0 Å². The van der Waals surface area contributed by atoms with E-state index in [-0.39, 0.29) is 17.3 Å². The van der Waals surface area contributed by atoms with Gasteiger partial charge in [-0.25, -0.2) is 17.8 Å². The van der Waals surface area contributed by atoms with E-state index in [2.05, 4.69) is 4.98 Å². The van der Waals surface area contributed by atoms with Gasteiger partial charge in [-0.3, -0.25) is 4.79 Å². The fourth-order valence-electron chi connectivity index (χ4n) is 2.45. The third kappa shape index (κ3) is 4.55. The van der Waals surface area contributed by atoms with Crippen LogP contribution in [0.15, 0.2) is 53.4 Å². The lowest BCUT2D eigenvalue weighted by Crippen LogP contribution is -2.15. The summed E-state index contributed by atoms with van der Waals surface area (Å²) < 4.78 is 43.4. The molecule has 0 amide bonds.